The molecule has 0 aliphatic rings. The molecule has 0 spiro atoms. The minimum absolute atomic E-state index is 0.510. The number of ether oxygens (including phenoxy) is 3. The summed E-state index contributed by atoms with van der Waals surface area (Å²) in [6, 6.07) is 11.5. The topological polar surface area (TPSA) is 52.1 Å². The molecular formula is C20H25ClN2O3. The molecule has 140 valence electrons. The van der Waals surface area contributed by atoms with Gasteiger partial charge < -0.3 is 19.6 Å². The normalized spacial score (nSPS) is 10.8. The van der Waals surface area contributed by atoms with Crippen LogP contribution in [0.15, 0.2) is 41.5 Å². The molecule has 1 N–H and O–H groups in total. The maximum absolute atomic E-state index is 6.35. The van der Waals surface area contributed by atoms with Gasteiger partial charge in [-0.1, -0.05) is 36.7 Å². The first-order chi connectivity index (χ1) is 12.7. The maximum atomic E-state index is 6.35. The van der Waals surface area contributed by atoms with Gasteiger partial charge in [0.15, 0.2) is 11.5 Å². The van der Waals surface area contributed by atoms with Crippen molar-refractivity contribution in [1.29, 1.82) is 0 Å². The first kappa shape index (κ1) is 19.9. The third kappa shape index (κ3) is 5.56. The molecule has 6 heteroatoms. The zero-order valence-electron chi connectivity index (χ0n) is 15.4. The van der Waals surface area contributed by atoms with Crippen LogP contribution >= 0.6 is 11.6 Å². The Morgan fingerprint density at radius 2 is 1.92 bits per heavy atom. The van der Waals surface area contributed by atoms with Gasteiger partial charge in [-0.05, 0) is 37.1 Å². The maximum Gasteiger partial charge on any atom is 0.179 e. The molecule has 2 aromatic rings. The highest BCUT2D eigenvalue weighted by Gasteiger charge is 2.11. The van der Waals surface area contributed by atoms with E-state index >= 15 is 0 Å². The van der Waals surface area contributed by atoms with E-state index in [4.69, 9.17) is 25.8 Å². The molecule has 0 bridgehead atoms. The van der Waals surface area contributed by atoms with Crippen LogP contribution in [-0.4, -0.2) is 26.5 Å². The number of hydrazone groups is 1. The van der Waals surface area contributed by atoms with Crippen molar-refractivity contribution in [2.75, 3.05) is 20.3 Å². The van der Waals surface area contributed by atoms with Crippen molar-refractivity contribution in [3.63, 3.8) is 0 Å². The zero-order valence-corrected chi connectivity index (χ0v) is 16.2. The molecule has 0 atom stereocenters. The average molecular weight is 377 g/mol. The second kappa shape index (κ2) is 10.6. The SMILES string of the molecule is CCCOc1c(Cl)cc(/C=N/NCc2ccccc2OC)cc1OCC. The summed E-state index contributed by atoms with van der Waals surface area (Å²) in [6.45, 7) is 5.65. The van der Waals surface area contributed by atoms with Crippen molar-refractivity contribution < 1.29 is 14.2 Å². The fraction of sp³-hybridized carbons (Fsp3) is 0.350. The van der Waals surface area contributed by atoms with E-state index in [-0.39, 0.29) is 0 Å². The quantitative estimate of drug-likeness (QED) is 0.484. The largest absolute Gasteiger partial charge is 0.496 e. The Morgan fingerprint density at radius 3 is 2.65 bits per heavy atom. The van der Waals surface area contributed by atoms with Crippen LogP contribution in [0.4, 0.5) is 0 Å². The number of hydrogen-bond acceptors (Lipinski definition) is 5. The van der Waals surface area contributed by atoms with Crippen molar-refractivity contribution in [3.05, 3.63) is 52.5 Å². The highest BCUT2D eigenvalue weighted by atomic mass is 35.5. The number of halogens is 1. The molecule has 2 rings (SSSR count). The lowest BCUT2D eigenvalue weighted by Crippen LogP contribution is -2.07. The molecule has 0 aromatic heterocycles. The molecular weight excluding hydrogens is 352 g/mol. The van der Waals surface area contributed by atoms with Crippen LogP contribution in [0.5, 0.6) is 17.2 Å². The third-order valence-corrected chi connectivity index (χ3v) is 3.83. The predicted octanol–water partition coefficient (Wildman–Crippen LogP) is 4.66. The minimum atomic E-state index is 0.510. The van der Waals surface area contributed by atoms with Crippen LogP contribution in [0.25, 0.3) is 0 Å². The molecule has 0 saturated heterocycles. The van der Waals surface area contributed by atoms with Crippen LogP contribution in [-0.2, 0) is 6.54 Å². The van der Waals surface area contributed by atoms with Crippen molar-refractivity contribution in [3.8, 4) is 17.2 Å². The zero-order chi connectivity index (χ0) is 18.8. The second-order valence-electron chi connectivity index (χ2n) is 5.52. The summed E-state index contributed by atoms with van der Waals surface area (Å²) in [6.07, 6.45) is 2.60. The molecule has 5 nitrogen and oxygen atoms in total. The van der Waals surface area contributed by atoms with Gasteiger partial charge in [0.2, 0.25) is 0 Å². The Hall–Kier alpha value is -2.40. The third-order valence-electron chi connectivity index (χ3n) is 3.55. The van der Waals surface area contributed by atoms with Crippen molar-refractivity contribution in [2.45, 2.75) is 26.8 Å². The summed E-state index contributed by atoms with van der Waals surface area (Å²) in [5.41, 5.74) is 4.88. The highest BCUT2D eigenvalue weighted by molar-refractivity contribution is 6.32. The van der Waals surface area contributed by atoms with Gasteiger partial charge in [0.25, 0.3) is 0 Å². The summed E-state index contributed by atoms with van der Waals surface area (Å²) in [5, 5.41) is 4.77. The lowest BCUT2D eigenvalue weighted by atomic mass is 10.2. The van der Waals surface area contributed by atoms with E-state index in [9.17, 15) is 0 Å². The Kier molecular flexibility index (Phi) is 8.09. The van der Waals surface area contributed by atoms with Gasteiger partial charge in [0.05, 0.1) is 38.1 Å². The van der Waals surface area contributed by atoms with E-state index in [2.05, 4.69) is 10.5 Å². The summed E-state index contributed by atoms with van der Waals surface area (Å²) in [5.74, 6) is 2.03. The van der Waals surface area contributed by atoms with Crippen LogP contribution in [0.3, 0.4) is 0 Å². The fourth-order valence-corrected chi connectivity index (χ4v) is 2.64. The van der Waals surface area contributed by atoms with E-state index in [1.165, 1.54) is 0 Å². The van der Waals surface area contributed by atoms with Crippen LogP contribution in [0, 0.1) is 0 Å². The number of nitrogens with one attached hydrogen (secondary N) is 1. The van der Waals surface area contributed by atoms with Gasteiger partial charge >= 0.3 is 0 Å². The Bertz CT molecular complexity index is 735. The predicted molar refractivity (Wildman–Crippen MR) is 106 cm³/mol. The molecule has 0 fully saturated rings. The summed E-state index contributed by atoms with van der Waals surface area (Å²) < 4.78 is 16.7. The average Bonchev–Trinajstić information content (AvgIpc) is 2.65. The Morgan fingerprint density at radius 1 is 1.12 bits per heavy atom. The monoisotopic (exact) mass is 376 g/mol. The molecule has 0 saturated carbocycles. The number of benzene rings is 2. The van der Waals surface area contributed by atoms with E-state index < -0.39 is 0 Å². The lowest BCUT2D eigenvalue weighted by Gasteiger charge is -2.13. The molecule has 26 heavy (non-hydrogen) atoms. The fourth-order valence-electron chi connectivity index (χ4n) is 2.37. The number of para-hydroxylation sites is 1. The van der Waals surface area contributed by atoms with Gasteiger partial charge in [-0.15, -0.1) is 0 Å². The van der Waals surface area contributed by atoms with E-state index in [0.29, 0.717) is 36.3 Å². The van der Waals surface area contributed by atoms with Gasteiger partial charge in [-0.2, -0.15) is 5.10 Å². The van der Waals surface area contributed by atoms with Gasteiger partial charge in [-0.25, -0.2) is 0 Å². The lowest BCUT2D eigenvalue weighted by molar-refractivity contribution is 0.277. The van der Waals surface area contributed by atoms with Crippen molar-refractivity contribution in [1.82, 2.24) is 5.43 Å². The molecule has 2 aromatic carbocycles. The van der Waals surface area contributed by atoms with Crippen LogP contribution < -0.4 is 19.6 Å². The summed E-state index contributed by atoms with van der Waals surface area (Å²) in [7, 11) is 1.65. The first-order valence-electron chi connectivity index (χ1n) is 8.66. The molecule has 0 heterocycles. The number of methoxy groups -OCH3 is 1. The molecule has 0 unspecified atom stereocenters. The van der Waals surface area contributed by atoms with Gasteiger partial charge in [-0.3, -0.25) is 0 Å². The van der Waals surface area contributed by atoms with Crippen LogP contribution in [0.1, 0.15) is 31.4 Å². The van der Waals surface area contributed by atoms with Crippen molar-refractivity contribution in [2.24, 2.45) is 5.10 Å². The smallest absolute Gasteiger partial charge is 0.179 e. The summed E-state index contributed by atoms with van der Waals surface area (Å²) in [4.78, 5) is 0. The Balaban J connectivity index is 2.07. The standard InChI is InChI=1S/C20H25ClN2O3/c1-4-10-26-20-17(21)11-15(12-19(20)25-5-2)13-22-23-14-16-8-6-7-9-18(16)24-3/h6-9,11-13,23H,4-5,10,14H2,1-3H3/b22-13+. The second-order valence-corrected chi connectivity index (χ2v) is 5.92. The van der Waals surface area contributed by atoms with Crippen LogP contribution in [0.2, 0.25) is 5.02 Å². The number of rotatable bonds is 10. The van der Waals surface area contributed by atoms with Gasteiger partial charge in [0.1, 0.15) is 5.75 Å². The molecule has 0 amide bonds. The van der Waals surface area contributed by atoms with E-state index in [1.807, 2.05) is 50.2 Å². The van der Waals surface area contributed by atoms with Gasteiger partial charge in [0, 0.05) is 5.56 Å². The number of hydrogen-bond donors (Lipinski definition) is 1. The molecule has 0 radical (unpaired) electrons. The molecule has 0 aliphatic heterocycles. The Labute approximate surface area is 159 Å². The highest BCUT2D eigenvalue weighted by Crippen LogP contribution is 2.36. The number of nitrogens with zero attached hydrogens (tertiary/aromatic N) is 1. The minimum Gasteiger partial charge on any atom is -0.496 e. The van der Waals surface area contributed by atoms with E-state index in [0.717, 1.165) is 23.3 Å². The van der Waals surface area contributed by atoms with E-state index in [1.54, 1.807) is 13.3 Å². The van der Waals surface area contributed by atoms with Crippen molar-refractivity contribution >= 4 is 17.8 Å². The molecule has 0 aliphatic carbocycles. The summed E-state index contributed by atoms with van der Waals surface area (Å²) >= 11 is 6.35. The first-order valence-corrected chi connectivity index (χ1v) is 9.04.